The Labute approximate surface area is 116 Å². The second-order valence-corrected chi connectivity index (χ2v) is 5.56. The lowest BCUT2D eigenvalue weighted by molar-refractivity contribution is 0.308. The molecular weight excluding hydrogens is 246 g/mol. The van der Waals surface area contributed by atoms with Crippen LogP contribution in [0.5, 0.6) is 5.75 Å². The molecule has 0 spiro atoms. The van der Waals surface area contributed by atoms with E-state index < -0.39 is 0 Å². The Hall–Kier alpha value is -0.730. The molecule has 1 aromatic carbocycles. The molecule has 0 radical (unpaired) electrons. The van der Waals surface area contributed by atoms with E-state index in [1.807, 2.05) is 30.3 Å². The third-order valence-corrected chi connectivity index (χ3v) is 2.94. The molecule has 2 nitrogen and oxygen atoms in total. The molecule has 18 heavy (non-hydrogen) atoms. The van der Waals surface area contributed by atoms with E-state index in [0.29, 0.717) is 5.92 Å². The van der Waals surface area contributed by atoms with Gasteiger partial charge < -0.3 is 10.1 Å². The maximum atomic E-state index is 6.19. The Balaban J connectivity index is 1.96. The summed E-state index contributed by atoms with van der Waals surface area (Å²) in [5, 5.41) is 3.60. The van der Waals surface area contributed by atoms with E-state index in [2.05, 4.69) is 19.2 Å². The molecular formula is C15H24ClNO. The van der Waals surface area contributed by atoms with Crippen molar-refractivity contribution in [2.45, 2.75) is 32.1 Å². The highest BCUT2D eigenvalue weighted by atomic mass is 35.5. The molecule has 0 fully saturated rings. The Bertz CT molecular complexity index is 303. The lowest BCUT2D eigenvalue weighted by atomic mass is 10.1. The van der Waals surface area contributed by atoms with E-state index in [1.165, 1.54) is 0 Å². The Morgan fingerprint density at radius 2 is 1.94 bits per heavy atom. The van der Waals surface area contributed by atoms with Crippen molar-refractivity contribution in [3.8, 4) is 5.75 Å². The van der Waals surface area contributed by atoms with E-state index in [-0.39, 0.29) is 5.38 Å². The van der Waals surface area contributed by atoms with Gasteiger partial charge in [0, 0.05) is 11.9 Å². The van der Waals surface area contributed by atoms with Crippen LogP contribution >= 0.6 is 11.6 Å². The lowest BCUT2D eigenvalue weighted by Crippen LogP contribution is -2.26. The zero-order valence-electron chi connectivity index (χ0n) is 11.4. The first-order valence-corrected chi connectivity index (χ1v) is 7.14. The van der Waals surface area contributed by atoms with E-state index in [9.17, 15) is 0 Å². The van der Waals surface area contributed by atoms with Crippen molar-refractivity contribution in [2.75, 3.05) is 19.7 Å². The predicted octanol–water partition coefficient (Wildman–Crippen LogP) is 3.70. The van der Waals surface area contributed by atoms with Crippen LogP contribution in [-0.2, 0) is 0 Å². The topological polar surface area (TPSA) is 21.3 Å². The van der Waals surface area contributed by atoms with Gasteiger partial charge in [-0.05, 0) is 37.4 Å². The highest BCUT2D eigenvalue weighted by Gasteiger charge is 2.05. The number of hydrogen-bond donors (Lipinski definition) is 1. The number of nitrogens with one attached hydrogen (secondary N) is 1. The number of ether oxygens (including phenoxy) is 1. The van der Waals surface area contributed by atoms with Crippen molar-refractivity contribution in [1.29, 1.82) is 0 Å². The molecule has 102 valence electrons. The molecule has 3 heteroatoms. The van der Waals surface area contributed by atoms with Gasteiger partial charge in [0.25, 0.3) is 0 Å². The van der Waals surface area contributed by atoms with Crippen LogP contribution in [0.2, 0.25) is 0 Å². The van der Waals surface area contributed by atoms with Crippen LogP contribution in [0.25, 0.3) is 0 Å². The molecule has 1 aromatic rings. The summed E-state index contributed by atoms with van der Waals surface area (Å²) in [4.78, 5) is 0. The highest BCUT2D eigenvalue weighted by Crippen LogP contribution is 2.10. The largest absolute Gasteiger partial charge is 0.494 e. The standard InChI is InChI=1S/C15H24ClNO/c1-13(2)11-14(16)12-17-9-6-10-18-15-7-4-3-5-8-15/h3-5,7-8,13-14,17H,6,9-12H2,1-2H3. The van der Waals surface area contributed by atoms with Gasteiger partial charge in [0.2, 0.25) is 0 Å². The summed E-state index contributed by atoms with van der Waals surface area (Å²) < 4.78 is 5.60. The van der Waals surface area contributed by atoms with Crippen LogP contribution < -0.4 is 10.1 Å². The first-order valence-electron chi connectivity index (χ1n) is 6.71. The molecule has 0 bridgehead atoms. The summed E-state index contributed by atoms with van der Waals surface area (Å²) in [5.74, 6) is 1.60. The Kier molecular flexibility index (Phi) is 7.86. The van der Waals surface area contributed by atoms with Gasteiger partial charge in [-0.15, -0.1) is 11.6 Å². The molecule has 0 aliphatic rings. The van der Waals surface area contributed by atoms with E-state index in [4.69, 9.17) is 16.3 Å². The monoisotopic (exact) mass is 269 g/mol. The molecule has 1 rings (SSSR count). The quantitative estimate of drug-likeness (QED) is 0.545. The molecule has 0 amide bonds. The van der Waals surface area contributed by atoms with Gasteiger partial charge in [-0.1, -0.05) is 32.0 Å². The fourth-order valence-electron chi connectivity index (χ4n) is 1.76. The predicted molar refractivity (Wildman–Crippen MR) is 78.5 cm³/mol. The van der Waals surface area contributed by atoms with Gasteiger partial charge in [0.15, 0.2) is 0 Å². The first kappa shape index (κ1) is 15.3. The molecule has 1 N–H and O–H groups in total. The molecule has 0 aromatic heterocycles. The maximum absolute atomic E-state index is 6.19. The van der Waals surface area contributed by atoms with Crippen LogP contribution in [0.4, 0.5) is 0 Å². The Morgan fingerprint density at radius 3 is 2.61 bits per heavy atom. The van der Waals surface area contributed by atoms with E-state index >= 15 is 0 Å². The van der Waals surface area contributed by atoms with Crippen molar-refractivity contribution in [3.63, 3.8) is 0 Å². The summed E-state index contributed by atoms with van der Waals surface area (Å²) in [6.07, 6.45) is 2.06. The second-order valence-electron chi connectivity index (χ2n) is 4.95. The normalized spacial score (nSPS) is 12.7. The first-order chi connectivity index (χ1) is 8.68. The third-order valence-electron chi connectivity index (χ3n) is 2.60. The zero-order chi connectivity index (χ0) is 13.2. The van der Waals surface area contributed by atoms with Crippen LogP contribution in [0, 0.1) is 5.92 Å². The summed E-state index contributed by atoms with van der Waals surface area (Å²) in [6, 6.07) is 9.91. The fraction of sp³-hybridized carbons (Fsp3) is 0.600. The van der Waals surface area contributed by atoms with Crippen LogP contribution in [0.3, 0.4) is 0 Å². The maximum Gasteiger partial charge on any atom is 0.119 e. The van der Waals surface area contributed by atoms with Crippen molar-refractivity contribution in [2.24, 2.45) is 5.92 Å². The van der Waals surface area contributed by atoms with Gasteiger partial charge in [0.1, 0.15) is 5.75 Å². The van der Waals surface area contributed by atoms with Gasteiger partial charge in [0.05, 0.1) is 6.61 Å². The van der Waals surface area contributed by atoms with Crippen LogP contribution in [-0.4, -0.2) is 25.1 Å². The number of rotatable bonds is 9. The zero-order valence-corrected chi connectivity index (χ0v) is 12.1. The minimum absolute atomic E-state index is 0.236. The number of alkyl halides is 1. The summed E-state index contributed by atoms with van der Waals surface area (Å²) in [5.41, 5.74) is 0. The molecule has 0 aliphatic heterocycles. The fourth-order valence-corrected chi connectivity index (χ4v) is 2.22. The molecule has 0 aliphatic carbocycles. The van der Waals surface area contributed by atoms with Crippen molar-refractivity contribution in [3.05, 3.63) is 30.3 Å². The minimum Gasteiger partial charge on any atom is -0.494 e. The highest BCUT2D eigenvalue weighted by molar-refractivity contribution is 6.20. The minimum atomic E-state index is 0.236. The summed E-state index contributed by atoms with van der Waals surface area (Å²) in [6.45, 7) is 6.97. The molecule has 0 saturated carbocycles. The van der Waals surface area contributed by atoms with E-state index in [0.717, 1.165) is 38.3 Å². The van der Waals surface area contributed by atoms with Crippen LogP contribution in [0.1, 0.15) is 26.7 Å². The van der Waals surface area contributed by atoms with Gasteiger partial charge in [-0.25, -0.2) is 0 Å². The summed E-state index contributed by atoms with van der Waals surface area (Å²) >= 11 is 6.19. The van der Waals surface area contributed by atoms with Crippen molar-refractivity contribution in [1.82, 2.24) is 5.32 Å². The van der Waals surface area contributed by atoms with Crippen molar-refractivity contribution >= 4 is 11.6 Å². The molecule has 1 atom stereocenters. The third kappa shape index (κ3) is 7.57. The molecule has 0 heterocycles. The lowest BCUT2D eigenvalue weighted by Gasteiger charge is -2.13. The average Bonchev–Trinajstić information content (AvgIpc) is 2.34. The van der Waals surface area contributed by atoms with Gasteiger partial charge in [-0.3, -0.25) is 0 Å². The summed E-state index contributed by atoms with van der Waals surface area (Å²) in [7, 11) is 0. The average molecular weight is 270 g/mol. The SMILES string of the molecule is CC(C)CC(Cl)CNCCCOc1ccccc1. The smallest absolute Gasteiger partial charge is 0.119 e. The van der Waals surface area contributed by atoms with Gasteiger partial charge in [-0.2, -0.15) is 0 Å². The second kappa shape index (κ2) is 9.23. The van der Waals surface area contributed by atoms with Gasteiger partial charge >= 0.3 is 0 Å². The number of halogens is 1. The number of hydrogen-bond acceptors (Lipinski definition) is 2. The molecule has 1 unspecified atom stereocenters. The Morgan fingerprint density at radius 1 is 1.22 bits per heavy atom. The number of benzene rings is 1. The van der Waals surface area contributed by atoms with E-state index in [1.54, 1.807) is 0 Å². The molecule has 0 saturated heterocycles. The number of para-hydroxylation sites is 1. The van der Waals surface area contributed by atoms with Crippen molar-refractivity contribution < 1.29 is 4.74 Å². The van der Waals surface area contributed by atoms with Crippen LogP contribution in [0.15, 0.2) is 30.3 Å².